The van der Waals surface area contributed by atoms with E-state index < -0.39 is 0 Å². The Kier molecular flexibility index (Phi) is 16.5. The molecule has 2 aliphatic rings. The van der Waals surface area contributed by atoms with Crippen molar-refractivity contribution in [1.82, 2.24) is 29.9 Å². The smallest absolute Gasteiger partial charge is 0.164 e. The Morgan fingerprint density at radius 1 is 0.310 bits per heavy atom. The largest absolute Gasteiger partial charge is 0.292 e. The maximum Gasteiger partial charge on any atom is 0.164 e. The highest BCUT2D eigenvalue weighted by molar-refractivity contribution is 6.16. The van der Waals surface area contributed by atoms with E-state index in [9.17, 15) is 0 Å². The summed E-state index contributed by atoms with van der Waals surface area (Å²) < 4.78 is 0. The molecule has 4 heterocycles. The van der Waals surface area contributed by atoms with Gasteiger partial charge in [-0.2, -0.15) is 0 Å². The van der Waals surface area contributed by atoms with Crippen LogP contribution in [0.1, 0.15) is 28.8 Å². The number of allylic oxidation sites excluding steroid dienone is 10. The summed E-state index contributed by atoms with van der Waals surface area (Å²) in [6.45, 7) is 0.683. The van der Waals surface area contributed by atoms with E-state index in [-0.39, 0.29) is 17.8 Å². The lowest BCUT2D eigenvalue weighted by Crippen LogP contribution is -2.09. The molecule has 0 bridgehead atoms. The first-order valence-electron chi connectivity index (χ1n) is 34.1. The summed E-state index contributed by atoms with van der Waals surface area (Å²) in [5, 5.41) is 16.6. The first-order chi connectivity index (χ1) is 49.6. The molecule has 0 saturated carbocycles. The van der Waals surface area contributed by atoms with E-state index in [4.69, 9.17) is 29.9 Å². The number of rotatable bonds is 10. The van der Waals surface area contributed by atoms with E-state index in [1.807, 2.05) is 30.6 Å². The number of nitrogens with zero attached hydrogens (tertiary/aromatic N) is 7. The van der Waals surface area contributed by atoms with Crippen molar-refractivity contribution in [1.29, 1.82) is 0 Å². The molecule has 18 rings (SSSR count). The molecule has 1 aliphatic heterocycles. The quantitative estimate of drug-likeness (QED) is 0.127. The fourth-order valence-electron chi connectivity index (χ4n) is 14.3. The van der Waals surface area contributed by atoms with Crippen LogP contribution in [0.25, 0.3) is 149 Å². The van der Waals surface area contributed by atoms with E-state index in [0.717, 1.165) is 66.6 Å². The molecule has 7 nitrogen and oxygen atoms in total. The van der Waals surface area contributed by atoms with Gasteiger partial charge in [-0.3, -0.25) is 9.98 Å². The second kappa shape index (κ2) is 27.3. The van der Waals surface area contributed by atoms with Crippen LogP contribution in [0.5, 0.6) is 0 Å². The van der Waals surface area contributed by atoms with Crippen molar-refractivity contribution in [3.8, 4) is 67.9 Å². The molecule has 3 atom stereocenters. The highest BCUT2D eigenvalue weighted by Crippen LogP contribution is 2.41. The zero-order chi connectivity index (χ0) is 66.6. The molecule has 0 fully saturated rings. The van der Waals surface area contributed by atoms with Gasteiger partial charge in [0.1, 0.15) is 0 Å². The van der Waals surface area contributed by atoms with Gasteiger partial charge in [0.2, 0.25) is 0 Å². The molecule has 1 aliphatic carbocycles. The first-order valence-corrected chi connectivity index (χ1v) is 34.1. The fourth-order valence-corrected chi connectivity index (χ4v) is 14.3. The zero-order valence-corrected chi connectivity index (χ0v) is 54.7. The first kappa shape index (κ1) is 60.7. The molecule has 472 valence electrons. The minimum Gasteiger partial charge on any atom is -0.292 e. The van der Waals surface area contributed by atoms with E-state index in [1.165, 1.54) is 70.4 Å². The molecule has 3 unspecified atom stereocenters. The van der Waals surface area contributed by atoms with Crippen molar-refractivity contribution < 1.29 is 0 Å². The van der Waals surface area contributed by atoms with Crippen LogP contribution >= 0.6 is 0 Å². The van der Waals surface area contributed by atoms with E-state index in [0.29, 0.717) is 29.8 Å². The van der Waals surface area contributed by atoms with E-state index >= 15 is 0 Å². The standard InChI is InChI=1S/C47H29N3.C46H36N4/c1-6-16-37-30(11-1)25-26-48-46(37)31-21-23-32(24-22-31)47-49-44(42-27-33-12-2-4-14-35(33)38-17-7-9-19-40(38)42)29-45(50-47)43-28-34-13-3-5-15-36(34)39-18-8-10-20-41(39)43;1-2-5-19-38(32-47-30-14-3-1)33-24-26-36(27-25-33)45-48-44(29-28-35-17-8-10-20-39(35)34-15-6-4-7-16-34)49-46(50-45)43-31-37-18-9-11-21-40(37)41-22-12-13-23-42(41)43/h1-29H;1-31,35,38-39H,32H2/b;2-1-,14-3-,19-5+,29-28+,47-30?. The minimum absolute atomic E-state index is 0.169. The Labute approximate surface area is 580 Å². The number of pyridine rings is 1. The molecule has 100 heavy (non-hydrogen) atoms. The molecule has 0 spiro atoms. The van der Waals surface area contributed by atoms with Crippen molar-refractivity contribution in [3.63, 3.8) is 0 Å². The van der Waals surface area contributed by atoms with Crippen LogP contribution < -0.4 is 0 Å². The third kappa shape index (κ3) is 12.2. The summed E-state index contributed by atoms with van der Waals surface area (Å²) in [5.74, 6) is 3.19. The Hall–Kier alpha value is -13.0. The molecular weight excluding hydrogens is 1220 g/mol. The van der Waals surface area contributed by atoms with Crippen molar-refractivity contribution >= 4 is 87.7 Å². The molecule has 16 aromatic rings. The molecule has 3 aromatic heterocycles. The predicted octanol–water partition coefficient (Wildman–Crippen LogP) is 23.2. The van der Waals surface area contributed by atoms with Crippen molar-refractivity contribution in [2.24, 2.45) is 10.9 Å². The highest BCUT2D eigenvalue weighted by Gasteiger charge is 2.22. The van der Waals surface area contributed by atoms with Gasteiger partial charge in [0.25, 0.3) is 0 Å². The molecule has 0 N–H and O–H groups in total. The molecule has 13 aromatic carbocycles. The Balaban J connectivity index is 0.000000150. The van der Waals surface area contributed by atoms with Gasteiger partial charge in [0, 0.05) is 75.5 Å². The Bertz CT molecular complexity index is 5880. The van der Waals surface area contributed by atoms with Gasteiger partial charge in [-0.05, 0) is 124 Å². The normalized spacial score (nSPS) is 16.1. The van der Waals surface area contributed by atoms with Gasteiger partial charge >= 0.3 is 0 Å². The van der Waals surface area contributed by atoms with Crippen LogP contribution in [-0.2, 0) is 0 Å². The van der Waals surface area contributed by atoms with Gasteiger partial charge in [-0.25, -0.2) is 24.9 Å². The summed E-state index contributed by atoms with van der Waals surface area (Å²) in [4.78, 5) is 35.3. The van der Waals surface area contributed by atoms with E-state index in [2.05, 4.69) is 339 Å². The second-order valence-electron chi connectivity index (χ2n) is 25.4. The fraction of sp³-hybridized carbons (Fsp3) is 0.0430. The number of aromatic nitrogens is 6. The third-order valence-electron chi connectivity index (χ3n) is 19.3. The number of aliphatic imine (C=N–C) groups is 1. The molecular formula is C93H65N7. The van der Waals surface area contributed by atoms with Gasteiger partial charge in [-0.15, -0.1) is 0 Å². The van der Waals surface area contributed by atoms with Crippen LogP contribution in [0.3, 0.4) is 0 Å². The van der Waals surface area contributed by atoms with Crippen molar-refractivity contribution in [2.45, 2.75) is 11.8 Å². The summed E-state index contributed by atoms with van der Waals surface area (Å²) in [6.07, 6.45) is 29.1. The Morgan fingerprint density at radius 2 is 0.770 bits per heavy atom. The van der Waals surface area contributed by atoms with Crippen molar-refractivity contribution in [2.75, 3.05) is 6.54 Å². The maximum absolute atomic E-state index is 5.32. The molecule has 7 heteroatoms. The predicted molar refractivity (Wildman–Crippen MR) is 418 cm³/mol. The topological polar surface area (TPSA) is 89.7 Å². The Morgan fingerprint density at radius 3 is 1.39 bits per heavy atom. The van der Waals surface area contributed by atoms with Crippen LogP contribution in [0.2, 0.25) is 0 Å². The SMILES string of the molecule is C1=CC(/C=C/c2nc(-c3ccc(C4/C=C/C=C\C=C/C=NC4)cc3)nc(-c3cc4ccccc4c4ccccc34)n2)C(c2ccccc2)C=C1.c1ccc2c(-c3ccc(-c4nc(-c5cc6ccccc6c6ccccc56)cc(-c5cc6ccccc6c6ccccc56)n4)cc3)nccc2c1. The molecule has 0 saturated heterocycles. The van der Waals surface area contributed by atoms with Crippen LogP contribution in [-0.4, -0.2) is 42.7 Å². The van der Waals surface area contributed by atoms with E-state index in [1.54, 1.807) is 0 Å². The average molecular weight is 1280 g/mol. The summed E-state index contributed by atoms with van der Waals surface area (Å²) in [7, 11) is 0. The monoisotopic (exact) mass is 1280 g/mol. The highest BCUT2D eigenvalue weighted by atomic mass is 15.0. The second-order valence-corrected chi connectivity index (χ2v) is 25.4. The number of fused-ring (bicyclic) bond motifs is 10. The lowest BCUT2D eigenvalue weighted by molar-refractivity contribution is 0.701. The molecule has 0 radical (unpaired) electrons. The van der Waals surface area contributed by atoms with Crippen LogP contribution in [0.15, 0.2) is 357 Å². The average Bonchev–Trinajstić information content (AvgIpc) is 0.760. The van der Waals surface area contributed by atoms with Gasteiger partial charge in [0.05, 0.1) is 17.1 Å². The summed E-state index contributed by atoms with van der Waals surface area (Å²) in [6, 6.07) is 98.6. The summed E-state index contributed by atoms with van der Waals surface area (Å²) in [5.41, 5.74) is 11.3. The van der Waals surface area contributed by atoms with Crippen molar-refractivity contribution in [3.05, 3.63) is 369 Å². The maximum atomic E-state index is 5.32. The number of hydrogen-bond donors (Lipinski definition) is 0. The summed E-state index contributed by atoms with van der Waals surface area (Å²) >= 11 is 0. The van der Waals surface area contributed by atoms with Gasteiger partial charge < -0.3 is 0 Å². The minimum atomic E-state index is 0.169. The van der Waals surface area contributed by atoms with Gasteiger partial charge in [-0.1, -0.05) is 309 Å². The third-order valence-corrected chi connectivity index (χ3v) is 19.3. The zero-order valence-electron chi connectivity index (χ0n) is 54.7. The lowest BCUT2D eigenvalue weighted by atomic mass is 9.83. The van der Waals surface area contributed by atoms with Gasteiger partial charge in [0.15, 0.2) is 23.3 Å². The lowest BCUT2D eigenvalue weighted by Gasteiger charge is -2.21. The van der Waals surface area contributed by atoms with Crippen LogP contribution in [0, 0.1) is 5.92 Å². The number of benzene rings is 13. The van der Waals surface area contributed by atoms with Crippen LogP contribution in [0.4, 0.5) is 0 Å². The molecule has 0 amide bonds. The number of hydrogen-bond acceptors (Lipinski definition) is 7.